The average molecular weight is 338 g/mol. The highest BCUT2D eigenvalue weighted by molar-refractivity contribution is 5.90. The van der Waals surface area contributed by atoms with Crippen LogP contribution in [0.2, 0.25) is 0 Å². The van der Waals surface area contributed by atoms with Gasteiger partial charge in [-0.2, -0.15) is 0 Å². The molecule has 1 aromatic heterocycles. The van der Waals surface area contributed by atoms with Crippen LogP contribution in [-0.4, -0.2) is 46.9 Å². The number of anilines is 1. The zero-order valence-electron chi connectivity index (χ0n) is 14.9. The molecule has 2 rings (SSSR count). The summed E-state index contributed by atoms with van der Waals surface area (Å²) in [4.78, 5) is 25.8. The Morgan fingerprint density at radius 2 is 1.88 bits per heavy atom. The van der Waals surface area contributed by atoms with E-state index in [9.17, 15) is 9.59 Å². The van der Waals surface area contributed by atoms with E-state index < -0.39 is 5.60 Å². The Hall–Kier alpha value is -2.25. The van der Waals surface area contributed by atoms with Gasteiger partial charge in [-0.3, -0.25) is 0 Å². The number of aromatic nitrogens is 1. The molecule has 8 nitrogen and oxygen atoms in total. The van der Waals surface area contributed by atoms with Crippen molar-refractivity contribution < 1.29 is 18.8 Å². The summed E-state index contributed by atoms with van der Waals surface area (Å²) in [5.74, 6) is 0.572. The fourth-order valence-electron chi connectivity index (χ4n) is 2.53. The summed E-state index contributed by atoms with van der Waals surface area (Å²) in [6.45, 7) is 10.2. The Bertz CT molecular complexity index is 578. The highest BCUT2D eigenvalue weighted by atomic mass is 16.6. The second kappa shape index (κ2) is 7.11. The van der Waals surface area contributed by atoms with Gasteiger partial charge in [-0.1, -0.05) is 5.16 Å². The molecule has 0 bridgehead atoms. The lowest BCUT2D eigenvalue weighted by Crippen LogP contribution is -2.48. The van der Waals surface area contributed by atoms with E-state index in [1.165, 1.54) is 0 Å². The number of aryl methyl sites for hydroxylation is 2. The standard InChI is InChI=1S/C16H26N4O4/c1-10-13(11(2)24-19-10)18-14(21)17-12-6-8-20(9-7-12)15(22)23-16(3,4)5/h12H,6-9H2,1-5H3,(H2,17,18,21). The Kier molecular flexibility index (Phi) is 5.36. The molecule has 134 valence electrons. The van der Waals surface area contributed by atoms with Gasteiger partial charge in [0.2, 0.25) is 0 Å². The van der Waals surface area contributed by atoms with Crippen molar-refractivity contribution in [3.05, 3.63) is 11.5 Å². The Morgan fingerprint density at radius 3 is 2.38 bits per heavy atom. The molecule has 2 heterocycles. The number of amides is 3. The third-order valence-electron chi connectivity index (χ3n) is 3.75. The fraction of sp³-hybridized carbons (Fsp3) is 0.688. The molecule has 0 atom stereocenters. The van der Waals surface area contributed by atoms with E-state index in [2.05, 4.69) is 15.8 Å². The van der Waals surface area contributed by atoms with Gasteiger partial charge in [-0.15, -0.1) is 0 Å². The van der Waals surface area contributed by atoms with Crippen molar-refractivity contribution in [3.63, 3.8) is 0 Å². The molecule has 2 N–H and O–H groups in total. The van der Waals surface area contributed by atoms with Gasteiger partial charge in [-0.25, -0.2) is 9.59 Å². The van der Waals surface area contributed by atoms with Crippen molar-refractivity contribution in [1.29, 1.82) is 0 Å². The molecular formula is C16H26N4O4. The van der Waals surface area contributed by atoms with Crippen molar-refractivity contribution in [2.75, 3.05) is 18.4 Å². The Balaban J connectivity index is 1.78. The van der Waals surface area contributed by atoms with Crippen molar-refractivity contribution >= 4 is 17.8 Å². The zero-order chi connectivity index (χ0) is 17.9. The molecule has 3 amide bonds. The number of piperidine rings is 1. The lowest BCUT2D eigenvalue weighted by atomic mass is 10.1. The highest BCUT2D eigenvalue weighted by Gasteiger charge is 2.27. The van der Waals surface area contributed by atoms with Crippen LogP contribution in [0.4, 0.5) is 15.3 Å². The summed E-state index contributed by atoms with van der Waals surface area (Å²) >= 11 is 0. The lowest BCUT2D eigenvalue weighted by molar-refractivity contribution is 0.0202. The minimum absolute atomic E-state index is 0.0177. The second-order valence-electron chi connectivity index (χ2n) is 7.04. The molecule has 1 saturated heterocycles. The van der Waals surface area contributed by atoms with Crippen LogP contribution in [0.1, 0.15) is 45.1 Å². The maximum Gasteiger partial charge on any atom is 0.410 e. The lowest BCUT2D eigenvalue weighted by Gasteiger charge is -2.33. The number of hydrogen-bond donors (Lipinski definition) is 2. The number of nitrogens with zero attached hydrogens (tertiary/aromatic N) is 2. The number of likely N-dealkylation sites (tertiary alicyclic amines) is 1. The van der Waals surface area contributed by atoms with E-state index >= 15 is 0 Å². The fourth-order valence-corrected chi connectivity index (χ4v) is 2.53. The van der Waals surface area contributed by atoms with Crippen LogP contribution in [0, 0.1) is 13.8 Å². The number of ether oxygens (including phenoxy) is 1. The zero-order valence-corrected chi connectivity index (χ0v) is 14.9. The molecule has 1 aromatic rings. The first-order chi connectivity index (χ1) is 11.2. The smallest absolute Gasteiger partial charge is 0.410 e. The number of urea groups is 1. The molecule has 1 fully saturated rings. The third kappa shape index (κ3) is 4.87. The summed E-state index contributed by atoms with van der Waals surface area (Å²) in [6, 6.07) is -0.274. The molecule has 24 heavy (non-hydrogen) atoms. The van der Waals surface area contributed by atoms with E-state index in [4.69, 9.17) is 9.26 Å². The highest BCUT2D eigenvalue weighted by Crippen LogP contribution is 2.19. The van der Waals surface area contributed by atoms with E-state index in [0.717, 1.165) is 0 Å². The van der Waals surface area contributed by atoms with Crippen LogP contribution >= 0.6 is 0 Å². The van der Waals surface area contributed by atoms with E-state index in [0.29, 0.717) is 43.1 Å². The van der Waals surface area contributed by atoms with Crippen molar-refractivity contribution in [2.45, 2.75) is 59.1 Å². The van der Waals surface area contributed by atoms with Crippen LogP contribution < -0.4 is 10.6 Å². The summed E-state index contributed by atoms with van der Waals surface area (Å²) < 4.78 is 10.4. The summed E-state index contributed by atoms with van der Waals surface area (Å²) in [7, 11) is 0. The van der Waals surface area contributed by atoms with E-state index in [-0.39, 0.29) is 18.2 Å². The molecule has 0 aromatic carbocycles. The number of rotatable bonds is 2. The van der Waals surface area contributed by atoms with Crippen LogP contribution in [-0.2, 0) is 4.74 Å². The number of carbonyl (C=O) groups is 2. The summed E-state index contributed by atoms with van der Waals surface area (Å²) in [5.41, 5.74) is 0.738. The van der Waals surface area contributed by atoms with Crippen LogP contribution in [0.15, 0.2) is 4.52 Å². The van der Waals surface area contributed by atoms with Gasteiger partial charge in [0.15, 0.2) is 5.76 Å². The molecule has 0 spiro atoms. The average Bonchev–Trinajstić information content (AvgIpc) is 2.78. The monoisotopic (exact) mass is 338 g/mol. The molecular weight excluding hydrogens is 312 g/mol. The Labute approximate surface area is 141 Å². The van der Waals surface area contributed by atoms with Gasteiger partial charge in [-0.05, 0) is 47.5 Å². The molecule has 0 aliphatic carbocycles. The first-order valence-corrected chi connectivity index (χ1v) is 8.14. The van der Waals surface area contributed by atoms with Crippen molar-refractivity contribution in [2.24, 2.45) is 0 Å². The summed E-state index contributed by atoms with van der Waals surface area (Å²) in [5, 5.41) is 9.48. The maximum absolute atomic E-state index is 12.1. The topological polar surface area (TPSA) is 96.7 Å². The van der Waals surface area contributed by atoms with Crippen LogP contribution in [0.5, 0.6) is 0 Å². The normalized spacial score (nSPS) is 16.0. The molecule has 1 aliphatic rings. The Morgan fingerprint density at radius 1 is 1.25 bits per heavy atom. The summed E-state index contributed by atoms with van der Waals surface area (Å²) in [6.07, 6.45) is 1.07. The molecule has 1 aliphatic heterocycles. The minimum Gasteiger partial charge on any atom is -0.444 e. The minimum atomic E-state index is -0.500. The van der Waals surface area contributed by atoms with Gasteiger partial charge >= 0.3 is 12.1 Å². The van der Waals surface area contributed by atoms with Gasteiger partial charge in [0.05, 0.1) is 0 Å². The quantitative estimate of drug-likeness (QED) is 0.864. The third-order valence-corrected chi connectivity index (χ3v) is 3.75. The molecule has 0 unspecified atom stereocenters. The van der Waals surface area contributed by atoms with Gasteiger partial charge < -0.3 is 24.8 Å². The van der Waals surface area contributed by atoms with Crippen molar-refractivity contribution in [3.8, 4) is 0 Å². The van der Waals surface area contributed by atoms with Crippen molar-refractivity contribution in [1.82, 2.24) is 15.4 Å². The van der Waals surface area contributed by atoms with Crippen LogP contribution in [0.3, 0.4) is 0 Å². The first kappa shape index (κ1) is 18.1. The SMILES string of the molecule is Cc1noc(C)c1NC(=O)NC1CCN(C(=O)OC(C)(C)C)CC1. The largest absolute Gasteiger partial charge is 0.444 e. The molecule has 0 saturated carbocycles. The van der Waals surface area contributed by atoms with E-state index in [1.807, 2.05) is 20.8 Å². The first-order valence-electron chi connectivity index (χ1n) is 8.14. The van der Waals surface area contributed by atoms with Gasteiger partial charge in [0.1, 0.15) is 17.0 Å². The number of nitrogens with one attached hydrogen (secondary N) is 2. The predicted molar refractivity (Wildman–Crippen MR) is 89.0 cm³/mol. The van der Waals surface area contributed by atoms with Crippen LogP contribution in [0.25, 0.3) is 0 Å². The molecule has 0 radical (unpaired) electrons. The van der Waals surface area contributed by atoms with Gasteiger partial charge in [0.25, 0.3) is 0 Å². The van der Waals surface area contributed by atoms with E-state index in [1.54, 1.807) is 18.7 Å². The predicted octanol–water partition coefficient (Wildman–Crippen LogP) is 2.81. The second-order valence-corrected chi connectivity index (χ2v) is 7.04. The maximum atomic E-state index is 12.1. The molecule has 8 heteroatoms. The van der Waals surface area contributed by atoms with Gasteiger partial charge in [0, 0.05) is 19.1 Å². The number of carbonyl (C=O) groups excluding carboxylic acids is 2. The number of hydrogen-bond acceptors (Lipinski definition) is 5.